The van der Waals surface area contributed by atoms with E-state index in [1.54, 1.807) is 16.7 Å². The van der Waals surface area contributed by atoms with Crippen molar-refractivity contribution in [3.63, 3.8) is 0 Å². The second kappa shape index (κ2) is 8.53. The molecule has 3 heterocycles. The van der Waals surface area contributed by atoms with Gasteiger partial charge in [-0.25, -0.2) is 14.4 Å². The SMILES string of the molecule is CCCNc1nc2c(OCc3ccc(F)cc3)ncnc2n1[C@@H]1O[C@H](C)C(C)[C@H]1O. The molecule has 4 atom stereocenters. The van der Waals surface area contributed by atoms with E-state index in [4.69, 9.17) is 9.47 Å². The Bertz CT molecular complexity index is 1010. The van der Waals surface area contributed by atoms with E-state index in [1.807, 2.05) is 13.8 Å². The first-order valence-corrected chi connectivity index (χ1v) is 10.2. The van der Waals surface area contributed by atoms with Crippen LogP contribution in [0.1, 0.15) is 39.0 Å². The van der Waals surface area contributed by atoms with Gasteiger partial charge in [-0.3, -0.25) is 4.57 Å². The molecule has 4 rings (SSSR count). The fourth-order valence-electron chi connectivity index (χ4n) is 3.50. The zero-order chi connectivity index (χ0) is 21.3. The minimum absolute atomic E-state index is 0.0255. The van der Waals surface area contributed by atoms with Crippen LogP contribution in [-0.2, 0) is 11.3 Å². The maximum atomic E-state index is 13.1. The monoisotopic (exact) mass is 415 g/mol. The Kier molecular flexibility index (Phi) is 5.83. The van der Waals surface area contributed by atoms with Gasteiger partial charge in [-0.05, 0) is 31.0 Å². The Morgan fingerprint density at radius 2 is 2.00 bits per heavy atom. The van der Waals surface area contributed by atoms with Gasteiger partial charge in [0.05, 0.1) is 6.10 Å². The van der Waals surface area contributed by atoms with E-state index in [9.17, 15) is 9.50 Å². The number of imidazole rings is 1. The third-order valence-electron chi connectivity index (χ3n) is 5.45. The van der Waals surface area contributed by atoms with Gasteiger partial charge in [0.1, 0.15) is 24.9 Å². The number of aromatic nitrogens is 4. The van der Waals surface area contributed by atoms with Crippen LogP contribution in [0.3, 0.4) is 0 Å². The zero-order valence-electron chi connectivity index (χ0n) is 17.2. The van der Waals surface area contributed by atoms with E-state index < -0.39 is 12.3 Å². The van der Waals surface area contributed by atoms with E-state index in [-0.39, 0.29) is 24.4 Å². The molecule has 1 saturated heterocycles. The molecule has 1 aliphatic heterocycles. The molecule has 0 saturated carbocycles. The van der Waals surface area contributed by atoms with Crippen molar-refractivity contribution in [1.29, 1.82) is 0 Å². The Labute approximate surface area is 174 Å². The van der Waals surface area contributed by atoms with Crippen LogP contribution in [0.2, 0.25) is 0 Å². The highest BCUT2D eigenvalue weighted by Crippen LogP contribution is 2.38. The van der Waals surface area contributed by atoms with Crippen molar-refractivity contribution in [2.45, 2.75) is 52.2 Å². The predicted octanol–water partition coefficient (Wildman–Crippen LogP) is 3.28. The molecule has 1 fully saturated rings. The summed E-state index contributed by atoms with van der Waals surface area (Å²) in [5.74, 6) is 0.537. The number of halogens is 1. The lowest BCUT2D eigenvalue weighted by Crippen LogP contribution is -2.25. The Morgan fingerprint density at radius 1 is 1.23 bits per heavy atom. The van der Waals surface area contributed by atoms with Gasteiger partial charge in [0.25, 0.3) is 0 Å². The minimum atomic E-state index is -0.696. The predicted molar refractivity (Wildman–Crippen MR) is 110 cm³/mol. The highest BCUT2D eigenvalue weighted by Gasteiger charge is 2.41. The van der Waals surface area contributed by atoms with Crippen LogP contribution in [0.25, 0.3) is 11.2 Å². The second-order valence-corrected chi connectivity index (χ2v) is 7.58. The Morgan fingerprint density at radius 3 is 2.67 bits per heavy atom. The molecule has 1 aromatic carbocycles. The minimum Gasteiger partial charge on any atom is -0.471 e. The summed E-state index contributed by atoms with van der Waals surface area (Å²) < 4.78 is 26.8. The molecule has 160 valence electrons. The van der Waals surface area contributed by atoms with Crippen molar-refractivity contribution in [2.75, 3.05) is 11.9 Å². The number of aliphatic hydroxyl groups excluding tert-OH is 1. The largest absolute Gasteiger partial charge is 0.471 e. The van der Waals surface area contributed by atoms with Gasteiger partial charge in [0, 0.05) is 12.5 Å². The van der Waals surface area contributed by atoms with E-state index in [2.05, 4.69) is 27.2 Å². The van der Waals surface area contributed by atoms with Crippen LogP contribution in [0.15, 0.2) is 30.6 Å². The fraction of sp³-hybridized carbons (Fsp3) is 0.476. The van der Waals surface area contributed by atoms with Crippen LogP contribution in [-0.4, -0.2) is 43.4 Å². The summed E-state index contributed by atoms with van der Waals surface area (Å²) in [5, 5.41) is 14.0. The van der Waals surface area contributed by atoms with E-state index >= 15 is 0 Å². The summed E-state index contributed by atoms with van der Waals surface area (Å²) in [7, 11) is 0. The molecule has 0 bridgehead atoms. The first kappa shape index (κ1) is 20.5. The summed E-state index contributed by atoms with van der Waals surface area (Å²) >= 11 is 0. The average molecular weight is 415 g/mol. The third kappa shape index (κ3) is 3.82. The molecule has 0 spiro atoms. The lowest BCUT2D eigenvalue weighted by molar-refractivity contribution is -0.0285. The molecule has 30 heavy (non-hydrogen) atoms. The lowest BCUT2D eigenvalue weighted by atomic mass is 10.0. The van der Waals surface area contributed by atoms with Crippen molar-refractivity contribution in [3.8, 4) is 5.88 Å². The number of nitrogens with zero attached hydrogens (tertiary/aromatic N) is 4. The van der Waals surface area contributed by atoms with Crippen molar-refractivity contribution < 1.29 is 19.0 Å². The first-order chi connectivity index (χ1) is 14.5. The van der Waals surface area contributed by atoms with E-state index in [0.29, 0.717) is 29.5 Å². The standard InChI is InChI=1S/C21H26FN5O3/c1-4-9-23-21-26-16-18(27(21)20-17(28)12(2)13(3)30-20)24-11-25-19(16)29-10-14-5-7-15(22)8-6-14/h5-8,11-13,17,20,28H,4,9-10H2,1-3H3,(H,23,26)/t12?,13-,17-,20-/m1/s1. The number of benzene rings is 1. The molecule has 1 aliphatic rings. The normalized spacial score (nSPS) is 23.8. The second-order valence-electron chi connectivity index (χ2n) is 7.58. The van der Waals surface area contributed by atoms with Gasteiger partial charge < -0.3 is 19.9 Å². The highest BCUT2D eigenvalue weighted by molar-refractivity contribution is 5.79. The van der Waals surface area contributed by atoms with Crippen LogP contribution >= 0.6 is 0 Å². The van der Waals surface area contributed by atoms with Gasteiger partial charge in [-0.2, -0.15) is 4.98 Å². The van der Waals surface area contributed by atoms with E-state index in [0.717, 1.165) is 12.0 Å². The Hall–Kier alpha value is -2.78. The molecule has 1 unspecified atom stereocenters. The molecule has 0 radical (unpaired) electrons. The van der Waals surface area contributed by atoms with Gasteiger partial charge in [0.15, 0.2) is 17.4 Å². The number of ether oxygens (including phenoxy) is 2. The molecule has 0 amide bonds. The van der Waals surface area contributed by atoms with Crippen LogP contribution in [0.4, 0.5) is 10.3 Å². The smallest absolute Gasteiger partial charge is 0.245 e. The number of hydrogen-bond acceptors (Lipinski definition) is 7. The van der Waals surface area contributed by atoms with Gasteiger partial charge in [0.2, 0.25) is 11.8 Å². The van der Waals surface area contributed by atoms with Crippen molar-refractivity contribution >= 4 is 17.1 Å². The molecule has 2 aromatic heterocycles. The molecule has 2 N–H and O–H groups in total. The van der Waals surface area contributed by atoms with Crippen molar-refractivity contribution in [1.82, 2.24) is 19.5 Å². The summed E-state index contributed by atoms with van der Waals surface area (Å²) in [4.78, 5) is 13.3. The molecular formula is C21H26FN5O3. The average Bonchev–Trinajstić information content (AvgIpc) is 3.24. The van der Waals surface area contributed by atoms with E-state index in [1.165, 1.54) is 18.5 Å². The first-order valence-electron chi connectivity index (χ1n) is 10.2. The maximum Gasteiger partial charge on any atom is 0.245 e. The molecule has 3 aromatic rings. The van der Waals surface area contributed by atoms with Gasteiger partial charge >= 0.3 is 0 Å². The van der Waals surface area contributed by atoms with Crippen LogP contribution in [0.5, 0.6) is 5.88 Å². The molecule has 9 heteroatoms. The fourth-order valence-corrected chi connectivity index (χ4v) is 3.50. The number of fused-ring (bicyclic) bond motifs is 1. The summed E-state index contributed by atoms with van der Waals surface area (Å²) in [5.41, 5.74) is 1.80. The number of hydrogen-bond donors (Lipinski definition) is 2. The number of rotatable bonds is 7. The topological polar surface area (TPSA) is 94.3 Å². The third-order valence-corrected chi connectivity index (χ3v) is 5.45. The molecule has 0 aliphatic carbocycles. The van der Waals surface area contributed by atoms with Crippen LogP contribution in [0, 0.1) is 11.7 Å². The maximum absolute atomic E-state index is 13.1. The van der Waals surface area contributed by atoms with Crippen molar-refractivity contribution in [3.05, 3.63) is 42.0 Å². The summed E-state index contributed by atoms with van der Waals surface area (Å²) in [6, 6.07) is 6.09. The number of anilines is 1. The number of nitrogens with one attached hydrogen (secondary N) is 1. The summed E-state index contributed by atoms with van der Waals surface area (Å²) in [6.07, 6.45) is 0.900. The quantitative estimate of drug-likeness (QED) is 0.611. The molecule has 8 nitrogen and oxygen atoms in total. The van der Waals surface area contributed by atoms with Gasteiger partial charge in [-0.1, -0.05) is 26.0 Å². The lowest BCUT2D eigenvalue weighted by Gasteiger charge is -2.20. The summed E-state index contributed by atoms with van der Waals surface area (Å²) in [6.45, 7) is 6.88. The molecular weight excluding hydrogens is 389 g/mol. The van der Waals surface area contributed by atoms with Gasteiger partial charge in [-0.15, -0.1) is 0 Å². The zero-order valence-corrected chi connectivity index (χ0v) is 17.2. The van der Waals surface area contributed by atoms with Crippen molar-refractivity contribution in [2.24, 2.45) is 5.92 Å². The highest BCUT2D eigenvalue weighted by atomic mass is 19.1. The van der Waals surface area contributed by atoms with Crippen LogP contribution < -0.4 is 10.1 Å². The number of aliphatic hydroxyl groups is 1. The Balaban J connectivity index is 1.70.